The van der Waals surface area contributed by atoms with Gasteiger partial charge in [0, 0.05) is 22.9 Å². The first-order valence-electron chi connectivity index (χ1n) is 8.95. The van der Waals surface area contributed by atoms with Gasteiger partial charge in [-0.25, -0.2) is 4.79 Å². The zero-order valence-electron chi connectivity index (χ0n) is 16.0. The summed E-state index contributed by atoms with van der Waals surface area (Å²) in [4.78, 5) is 12.3. The fourth-order valence-electron chi connectivity index (χ4n) is 2.90. The molecule has 29 heavy (non-hydrogen) atoms. The first kappa shape index (κ1) is 21.6. The maximum absolute atomic E-state index is 12.3. The monoisotopic (exact) mass is 494 g/mol. The van der Waals surface area contributed by atoms with Crippen molar-refractivity contribution in [3.8, 4) is 5.95 Å². The van der Waals surface area contributed by atoms with Gasteiger partial charge in [0.25, 0.3) is 0 Å². The van der Waals surface area contributed by atoms with Gasteiger partial charge < -0.3 is 19.8 Å². The van der Waals surface area contributed by atoms with Crippen LogP contribution in [0.15, 0.2) is 45.6 Å². The number of thiocarbonyl (C=S) groups is 1. The van der Waals surface area contributed by atoms with E-state index in [1.807, 2.05) is 0 Å². The normalized spacial score (nSPS) is 10.8. The molecule has 0 saturated carbocycles. The molecule has 0 unspecified atom stereocenters. The molecule has 0 bridgehead atoms. The van der Waals surface area contributed by atoms with Gasteiger partial charge >= 0.3 is 11.6 Å². The van der Waals surface area contributed by atoms with Crippen molar-refractivity contribution in [1.82, 2.24) is 5.32 Å². The molecule has 0 aliphatic carbocycles. The molecular weight excluding hydrogens is 476 g/mol. The van der Waals surface area contributed by atoms with Gasteiger partial charge in [-0.05, 0) is 49.3 Å². The molecule has 0 saturated heterocycles. The lowest BCUT2D eigenvalue weighted by Gasteiger charge is -2.13. The molecule has 1 aromatic heterocycles. The topological polar surface area (TPSA) is 63.5 Å². The maximum Gasteiger partial charge on any atom is 0.346 e. The van der Waals surface area contributed by atoms with Crippen LogP contribution in [0.5, 0.6) is 5.95 Å². The number of alkyl halides is 1. The van der Waals surface area contributed by atoms with E-state index in [1.165, 1.54) is 16.7 Å². The summed E-state index contributed by atoms with van der Waals surface area (Å²) in [6, 6.07) is 11.5. The minimum atomic E-state index is -0.521. The lowest BCUT2D eigenvalue weighted by Crippen LogP contribution is -2.28. The number of ether oxygens (including phenoxy) is 1. The van der Waals surface area contributed by atoms with Crippen molar-refractivity contribution in [2.24, 2.45) is 0 Å². The largest absolute Gasteiger partial charge is 0.463 e. The molecule has 3 aromatic rings. The van der Waals surface area contributed by atoms with Crippen LogP contribution in [0.3, 0.4) is 0 Å². The molecule has 0 aliphatic heterocycles. The highest BCUT2D eigenvalue weighted by atomic mass is 79.9. The van der Waals surface area contributed by atoms with E-state index in [0.717, 1.165) is 0 Å². The van der Waals surface area contributed by atoms with Crippen LogP contribution in [0.4, 0.5) is 5.69 Å². The summed E-state index contributed by atoms with van der Waals surface area (Å²) in [6.45, 7) is 5.08. The molecule has 0 spiro atoms. The van der Waals surface area contributed by atoms with E-state index >= 15 is 0 Å². The molecule has 0 amide bonds. The second kappa shape index (κ2) is 9.61. The number of fused-ring (bicyclic) bond motifs is 1. The van der Waals surface area contributed by atoms with E-state index in [-0.39, 0.29) is 11.0 Å². The predicted molar refractivity (Wildman–Crippen MR) is 126 cm³/mol. The summed E-state index contributed by atoms with van der Waals surface area (Å²) in [5.41, 5.74) is 3.74. The van der Waals surface area contributed by atoms with E-state index < -0.39 is 5.63 Å². The van der Waals surface area contributed by atoms with Crippen molar-refractivity contribution in [2.45, 2.75) is 20.4 Å². The molecule has 2 N–H and O–H groups in total. The summed E-state index contributed by atoms with van der Waals surface area (Å²) in [7, 11) is 0. The Morgan fingerprint density at radius 3 is 2.72 bits per heavy atom. The summed E-state index contributed by atoms with van der Waals surface area (Å²) in [5.74, 6) is 0.0231. The maximum atomic E-state index is 12.3. The Bertz CT molecular complexity index is 1120. The predicted octanol–water partition coefficient (Wildman–Crippen LogP) is 5.32. The summed E-state index contributed by atoms with van der Waals surface area (Å²) >= 11 is 15.0. The molecule has 1 heterocycles. The molecule has 8 heteroatoms. The molecule has 0 atom stereocenters. The third-order valence-corrected chi connectivity index (χ3v) is 5.27. The van der Waals surface area contributed by atoms with Crippen molar-refractivity contribution < 1.29 is 9.15 Å². The van der Waals surface area contributed by atoms with Crippen molar-refractivity contribution >= 4 is 61.3 Å². The molecular formula is C21H20BrClN2O3S. The summed E-state index contributed by atoms with van der Waals surface area (Å²) < 4.78 is 10.6. The van der Waals surface area contributed by atoms with Gasteiger partial charge in [-0.1, -0.05) is 57.4 Å². The molecule has 0 radical (unpaired) electrons. The molecule has 3 rings (SSSR count). The molecule has 5 nitrogen and oxygen atoms in total. The number of rotatable bonds is 6. The number of hydrogen-bond donors (Lipinski definition) is 2. The van der Waals surface area contributed by atoms with Crippen molar-refractivity contribution in [1.29, 1.82) is 0 Å². The first-order valence-corrected chi connectivity index (χ1v) is 10.9. The number of aryl methyl sites for hydroxylation is 2. The quantitative estimate of drug-likeness (QED) is 0.356. The van der Waals surface area contributed by atoms with E-state index in [1.54, 1.807) is 18.2 Å². The summed E-state index contributed by atoms with van der Waals surface area (Å²) in [5, 5.41) is 8.50. The van der Waals surface area contributed by atoms with Gasteiger partial charge in [-0.15, -0.1) is 0 Å². The van der Waals surface area contributed by atoms with Crippen LogP contribution in [-0.2, 0) is 6.54 Å². The van der Waals surface area contributed by atoms with Crippen LogP contribution in [0.1, 0.15) is 16.7 Å². The van der Waals surface area contributed by atoms with Gasteiger partial charge in [-0.2, -0.15) is 0 Å². The number of benzene rings is 2. The van der Waals surface area contributed by atoms with Crippen molar-refractivity contribution in [3.63, 3.8) is 0 Å². The van der Waals surface area contributed by atoms with E-state index in [4.69, 9.17) is 33.0 Å². The van der Waals surface area contributed by atoms with Crippen LogP contribution in [-0.4, -0.2) is 17.0 Å². The lowest BCUT2D eigenvalue weighted by molar-refractivity contribution is 0.249. The zero-order valence-corrected chi connectivity index (χ0v) is 19.1. The third-order valence-electron chi connectivity index (χ3n) is 4.35. The first-order chi connectivity index (χ1) is 13.9. The van der Waals surface area contributed by atoms with Crippen molar-refractivity contribution in [3.05, 3.63) is 68.5 Å². The van der Waals surface area contributed by atoms with E-state index in [0.29, 0.717) is 40.1 Å². The number of anilines is 1. The second-order valence-electron chi connectivity index (χ2n) is 6.53. The average molecular weight is 496 g/mol. The van der Waals surface area contributed by atoms with E-state index in [2.05, 4.69) is 58.6 Å². The molecule has 152 valence electrons. The van der Waals surface area contributed by atoms with Gasteiger partial charge in [0.15, 0.2) is 5.11 Å². The standard InChI is InChI=1S/C21H20BrClN2O3S/c1-12-3-4-14(13(2)9-12)11-24-21(29)25-15-5-6-16-17(10-15)19(26)28-20(18(16)23)27-8-7-22/h3-6,9-10H,7-8,11H2,1-2H3,(H2,24,25,29). The smallest absolute Gasteiger partial charge is 0.346 e. The second-order valence-corrected chi connectivity index (χ2v) is 8.11. The number of halogens is 2. The summed E-state index contributed by atoms with van der Waals surface area (Å²) in [6.07, 6.45) is 0. The minimum Gasteiger partial charge on any atom is -0.463 e. The van der Waals surface area contributed by atoms with Crippen LogP contribution >= 0.6 is 39.7 Å². The average Bonchev–Trinajstić information content (AvgIpc) is 2.69. The fraction of sp³-hybridized carbons (Fsp3) is 0.238. The SMILES string of the molecule is Cc1ccc(CNC(=S)Nc2ccc3c(Cl)c(OCCBr)oc(=O)c3c2)c(C)c1. The number of nitrogens with one attached hydrogen (secondary N) is 2. The molecule has 2 aromatic carbocycles. The Labute approximate surface area is 187 Å². The Kier molecular flexibility index (Phi) is 7.16. The van der Waals surface area contributed by atoms with Crippen molar-refractivity contribution in [2.75, 3.05) is 17.3 Å². The third kappa shape index (κ3) is 5.29. The highest BCUT2D eigenvalue weighted by Gasteiger charge is 2.14. The Morgan fingerprint density at radius 1 is 1.21 bits per heavy atom. The van der Waals surface area contributed by atoms with Gasteiger partial charge in [0.05, 0.1) is 5.39 Å². The lowest BCUT2D eigenvalue weighted by atomic mass is 10.1. The van der Waals surface area contributed by atoms with Crippen LogP contribution in [0, 0.1) is 13.8 Å². The van der Waals surface area contributed by atoms with Crippen LogP contribution < -0.4 is 21.0 Å². The van der Waals surface area contributed by atoms with Crippen LogP contribution in [0.2, 0.25) is 5.02 Å². The number of hydrogen-bond acceptors (Lipinski definition) is 4. The van der Waals surface area contributed by atoms with E-state index in [9.17, 15) is 4.79 Å². The van der Waals surface area contributed by atoms with Crippen LogP contribution in [0.25, 0.3) is 10.8 Å². The Hall–Kier alpha value is -2.09. The van der Waals surface area contributed by atoms with Gasteiger partial charge in [0.2, 0.25) is 0 Å². The Morgan fingerprint density at radius 2 is 2.00 bits per heavy atom. The molecule has 0 aliphatic rings. The van der Waals surface area contributed by atoms with Gasteiger partial charge in [-0.3, -0.25) is 0 Å². The van der Waals surface area contributed by atoms with Gasteiger partial charge in [0.1, 0.15) is 11.6 Å². The highest BCUT2D eigenvalue weighted by molar-refractivity contribution is 9.09. The molecule has 0 fully saturated rings. The fourth-order valence-corrected chi connectivity index (χ4v) is 3.51. The zero-order chi connectivity index (χ0) is 21.0. The Balaban J connectivity index is 1.74. The minimum absolute atomic E-state index is 0.0231. The highest BCUT2D eigenvalue weighted by Crippen LogP contribution is 2.31.